The molecule has 0 saturated heterocycles. The van der Waals surface area contributed by atoms with E-state index >= 15 is 4.39 Å². The fraction of sp³-hybridized carbons (Fsp3) is 0.842. The number of alkyl halides is 1. The lowest BCUT2D eigenvalue weighted by Crippen LogP contribution is -2.54. The van der Waals surface area contributed by atoms with Gasteiger partial charge in [-0.3, -0.25) is 4.79 Å². The molecular formula is C19H27FO2. The van der Waals surface area contributed by atoms with Crippen molar-refractivity contribution >= 4 is 5.78 Å². The Morgan fingerprint density at radius 3 is 2.82 bits per heavy atom. The molecule has 0 aromatic heterocycles. The molecule has 8 atom stereocenters. The van der Waals surface area contributed by atoms with Gasteiger partial charge in [0.05, 0.1) is 6.10 Å². The number of rotatable bonds is 0. The van der Waals surface area contributed by atoms with Crippen molar-refractivity contribution in [3.63, 3.8) is 0 Å². The van der Waals surface area contributed by atoms with Crippen molar-refractivity contribution in [1.82, 2.24) is 0 Å². The van der Waals surface area contributed by atoms with E-state index in [2.05, 4.69) is 13.8 Å². The van der Waals surface area contributed by atoms with Gasteiger partial charge in [-0.15, -0.1) is 0 Å². The maximum absolute atomic E-state index is 15.2. The van der Waals surface area contributed by atoms with Crippen LogP contribution in [0.15, 0.2) is 11.6 Å². The van der Waals surface area contributed by atoms with Crippen LogP contribution in [-0.2, 0) is 4.79 Å². The molecule has 22 heavy (non-hydrogen) atoms. The summed E-state index contributed by atoms with van der Waals surface area (Å²) < 4.78 is 15.2. The number of carbonyl (C=O) groups excluding carboxylic acids is 1. The first-order chi connectivity index (χ1) is 10.4. The van der Waals surface area contributed by atoms with Crippen LogP contribution in [-0.4, -0.2) is 23.2 Å². The number of fused-ring (bicyclic) bond motifs is 5. The summed E-state index contributed by atoms with van der Waals surface area (Å²) in [5.41, 5.74) is 0.982. The minimum Gasteiger partial charge on any atom is -0.393 e. The quantitative estimate of drug-likeness (QED) is 0.741. The average molecular weight is 306 g/mol. The Kier molecular flexibility index (Phi) is 3.31. The van der Waals surface area contributed by atoms with E-state index in [0.717, 1.165) is 25.7 Å². The smallest absolute Gasteiger partial charge is 0.155 e. The summed E-state index contributed by atoms with van der Waals surface area (Å²) in [5, 5.41) is 10.4. The zero-order chi connectivity index (χ0) is 15.6. The van der Waals surface area contributed by atoms with Crippen molar-refractivity contribution in [2.75, 3.05) is 0 Å². The number of hydrogen-bond acceptors (Lipinski definition) is 2. The molecule has 4 rings (SSSR count). The number of halogens is 1. The van der Waals surface area contributed by atoms with Crippen molar-refractivity contribution in [3.05, 3.63) is 11.6 Å². The van der Waals surface area contributed by atoms with Crippen LogP contribution in [0.1, 0.15) is 52.4 Å². The predicted molar refractivity (Wildman–Crippen MR) is 82.9 cm³/mol. The molecule has 3 fully saturated rings. The third-order valence-electron chi connectivity index (χ3n) is 7.52. The molecule has 3 saturated carbocycles. The lowest BCUT2D eigenvalue weighted by Gasteiger charge is -2.56. The fourth-order valence-electron chi connectivity index (χ4n) is 6.55. The highest BCUT2D eigenvalue weighted by Crippen LogP contribution is 2.63. The van der Waals surface area contributed by atoms with Crippen LogP contribution in [0.2, 0.25) is 0 Å². The van der Waals surface area contributed by atoms with Gasteiger partial charge in [0.15, 0.2) is 5.78 Å². The first-order valence-electron chi connectivity index (χ1n) is 8.97. The van der Waals surface area contributed by atoms with E-state index < -0.39 is 6.17 Å². The molecule has 122 valence electrons. The second-order valence-corrected chi connectivity index (χ2v) is 8.59. The van der Waals surface area contributed by atoms with E-state index in [0.29, 0.717) is 30.6 Å². The Balaban J connectivity index is 1.73. The minimum absolute atomic E-state index is 0.0754. The third kappa shape index (κ3) is 1.90. The summed E-state index contributed by atoms with van der Waals surface area (Å²) in [7, 11) is 0. The van der Waals surface area contributed by atoms with E-state index in [1.165, 1.54) is 5.57 Å². The third-order valence-corrected chi connectivity index (χ3v) is 7.52. The lowest BCUT2D eigenvalue weighted by molar-refractivity contribution is -0.120. The van der Waals surface area contributed by atoms with Crippen LogP contribution in [0.5, 0.6) is 0 Å². The lowest BCUT2D eigenvalue weighted by atomic mass is 9.49. The number of allylic oxidation sites excluding steroid dienone is 1. The van der Waals surface area contributed by atoms with Crippen molar-refractivity contribution < 1.29 is 14.3 Å². The Morgan fingerprint density at radius 1 is 1.27 bits per heavy atom. The molecule has 0 spiro atoms. The van der Waals surface area contributed by atoms with Gasteiger partial charge in [0.1, 0.15) is 6.17 Å². The van der Waals surface area contributed by atoms with Gasteiger partial charge >= 0.3 is 0 Å². The van der Waals surface area contributed by atoms with E-state index in [9.17, 15) is 9.90 Å². The maximum atomic E-state index is 15.2. The largest absolute Gasteiger partial charge is 0.393 e. The van der Waals surface area contributed by atoms with E-state index in [4.69, 9.17) is 0 Å². The molecule has 0 radical (unpaired) electrons. The molecule has 0 aromatic carbocycles. The number of aliphatic hydroxyl groups excluding tert-OH is 1. The summed E-state index contributed by atoms with van der Waals surface area (Å²) in [6.07, 6.45) is 5.41. The first kappa shape index (κ1) is 14.9. The van der Waals surface area contributed by atoms with Gasteiger partial charge in [-0.05, 0) is 67.3 Å². The summed E-state index contributed by atoms with van der Waals surface area (Å²) >= 11 is 0. The zero-order valence-electron chi connectivity index (χ0n) is 13.6. The van der Waals surface area contributed by atoms with Gasteiger partial charge < -0.3 is 5.11 Å². The molecule has 0 amide bonds. The monoisotopic (exact) mass is 306 g/mol. The second-order valence-electron chi connectivity index (χ2n) is 8.59. The molecule has 2 nitrogen and oxygen atoms in total. The van der Waals surface area contributed by atoms with Crippen molar-refractivity contribution in [2.24, 2.45) is 35.0 Å². The van der Waals surface area contributed by atoms with Crippen LogP contribution in [0, 0.1) is 35.0 Å². The Bertz CT molecular complexity index is 528. The van der Waals surface area contributed by atoms with E-state index in [-0.39, 0.29) is 29.1 Å². The topological polar surface area (TPSA) is 37.3 Å². The van der Waals surface area contributed by atoms with Crippen LogP contribution in [0.4, 0.5) is 4.39 Å². The highest BCUT2D eigenvalue weighted by Gasteiger charge is 2.61. The minimum atomic E-state index is -0.830. The van der Waals surface area contributed by atoms with Crippen LogP contribution in [0.3, 0.4) is 0 Å². The molecular weight excluding hydrogens is 279 g/mol. The number of hydrogen-bond donors (Lipinski definition) is 1. The van der Waals surface area contributed by atoms with Gasteiger partial charge in [-0.1, -0.05) is 19.4 Å². The van der Waals surface area contributed by atoms with Crippen LogP contribution >= 0.6 is 0 Å². The summed E-state index contributed by atoms with van der Waals surface area (Å²) in [4.78, 5) is 11.7. The fourth-order valence-corrected chi connectivity index (χ4v) is 6.55. The Labute approximate surface area is 132 Å². The Hall–Kier alpha value is -0.700. The van der Waals surface area contributed by atoms with Gasteiger partial charge in [0, 0.05) is 12.3 Å². The molecule has 3 unspecified atom stereocenters. The highest BCUT2D eigenvalue weighted by molar-refractivity contribution is 5.91. The number of carbonyl (C=O) groups is 1. The molecule has 3 heteroatoms. The van der Waals surface area contributed by atoms with Gasteiger partial charge in [-0.2, -0.15) is 0 Å². The number of ketones is 1. The van der Waals surface area contributed by atoms with Crippen molar-refractivity contribution in [1.29, 1.82) is 0 Å². The molecule has 0 heterocycles. The summed E-state index contributed by atoms with van der Waals surface area (Å²) in [6, 6.07) is 0. The van der Waals surface area contributed by atoms with Gasteiger partial charge in [-0.25, -0.2) is 4.39 Å². The Morgan fingerprint density at radius 2 is 2.05 bits per heavy atom. The zero-order valence-corrected chi connectivity index (χ0v) is 13.6. The van der Waals surface area contributed by atoms with Gasteiger partial charge in [0.25, 0.3) is 0 Å². The maximum Gasteiger partial charge on any atom is 0.155 e. The normalized spacial score (nSPS) is 54.3. The summed E-state index contributed by atoms with van der Waals surface area (Å²) in [6.45, 7) is 4.34. The number of aliphatic hydroxyl groups is 1. The average Bonchev–Trinajstić information content (AvgIpc) is 2.74. The van der Waals surface area contributed by atoms with Crippen LogP contribution in [0.25, 0.3) is 0 Å². The molecule has 0 aliphatic heterocycles. The van der Waals surface area contributed by atoms with E-state index in [1.807, 2.05) is 6.08 Å². The molecule has 4 aliphatic rings. The first-order valence-corrected chi connectivity index (χ1v) is 8.97. The molecule has 1 N–H and O–H groups in total. The van der Waals surface area contributed by atoms with E-state index in [1.54, 1.807) is 0 Å². The molecule has 0 aromatic rings. The van der Waals surface area contributed by atoms with Crippen molar-refractivity contribution in [3.8, 4) is 0 Å². The van der Waals surface area contributed by atoms with Crippen LogP contribution < -0.4 is 0 Å². The van der Waals surface area contributed by atoms with Crippen molar-refractivity contribution in [2.45, 2.75) is 64.6 Å². The highest BCUT2D eigenvalue weighted by atomic mass is 19.1. The SMILES string of the molecule is C[C@@H]1CC2=CC(=O)CC[C@@H]2C2C1C1CC[C@H](O)[C@@]1(C)C[C@@H]2F. The standard InChI is InChI=1S/C19H27FO2/c1-10-7-11-8-12(21)3-4-13(11)18-15(20)9-19(2)14(17(10)18)5-6-16(19)22/h8,10,13-18,22H,3-7,9H2,1-2H3/t10-,13+,14?,15+,16+,17?,18?,19+/m1/s1. The second kappa shape index (κ2) is 4.90. The summed E-state index contributed by atoms with van der Waals surface area (Å²) in [5.74, 6) is 1.83. The van der Waals surface area contributed by atoms with Gasteiger partial charge in [0.2, 0.25) is 0 Å². The molecule has 4 aliphatic carbocycles. The molecule has 0 bridgehead atoms. The predicted octanol–water partition coefficient (Wildman–Crippen LogP) is 3.68.